The molecular weight excluding hydrogens is 152 g/mol. The van der Waals surface area contributed by atoms with Crippen molar-refractivity contribution in [3.8, 4) is 0 Å². The van der Waals surface area contributed by atoms with E-state index in [0.29, 0.717) is 0 Å². The summed E-state index contributed by atoms with van der Waals surface area (Å²) in [6.07, 6.45) is 4.29. The summed E-state index contributed by atoms with van der Waals surface area (Å²) in [5, 5.41) is 2.87. The average Bonchev–Trinajstić information content (AvgIpc) is 2.83. The molecule has 0 heterocycles. The predicted octanol–water partition coefficient (Wildman–Crippen LogP) is 0.640. The zero-order valence-electron chi connectivity index (χ0n) is 7.68. The molecule has 0 aromatic heterocycles. The van der Waals surface area contributed by atoms with Crippen LogP contribution in [0.2, 0.25) is 0 Å². The van der Waals surface area contributed by atoms with Crippen molar-refractivity contribution in [1.82, 2.24) is 5.32 Å². The van der Waals surface area contributed by atoms with E-state index in [1.54, 1.807) is 0 Å². The third kappa shape index (κ3) is 3.22. The van der Waals surface area contributed by atoms with Gasteiger partial charge in [-0.1, -0.05) is 13.3 Å². The van der Waals surface area contributed by atoms with Crippen molar-refractivity contribution in [2.24, 2.45) is 11.7 Å². The van der Waals surface area contributed by atoms with Gasteiger partial charge >= 0.3 is 0 Å². The molecule has 0 saturated heterocycles. The van der Waals surface area contributed by atoms with Gasteiger partial charge in [-0.15, -0.1) is 0 Å². The van der Waals surface area contributed by atoms with Gasteiger partial charge in [0.1, 0.15) is 0 Å². The van der Waals surface area contributed by atoms with E-state index in [-0.39, 0.29) is 11.9 Å². The van der Waals surface area contributed by atoms with Gasteiger partial charge in [0.25, 0.3) is 0 Å². The molecule has 1 aliphatic rings. The normalized spacial score (nSPS) is 18.8. The predicted molar refractivity (Wildman–Crippen MR) is 48.6 cm³/mol. The van der Waals surface area contributed by atoms with E-state index in [0.717, 1.165) is 25.3 Å². The molecule has 1 saturated carbocycles. The van der Waals surface area contributed by atoms with E-state index in [9.17, 15) is 4.79 Å². The van der Waals surface area contributed by atoms with Gasteiger partial charge in [0, 0.05) is 6.54 Å². The molecule has 3 heteroatoms. The lowest BCUT2D eigenvalue weighted by molar-refractivity contribution is -0.122. The smallest absolute Gasteiger partial charge is 0.236 e. The number of carbonyl (C=O) groups excluding carboxylic acids is 1. The molecule has 0 radical (unpaired) electrons. The van der Waals surface area contributed by atoms with Crippen LogP contribution in [0.1, 0.15) is 32.6 Å². The first-order chi connectivity index (χ1) is 5.74. The maximum absolute atomic E-state index is 11.2. The van der Waals surface area contributed by atoms with E-state index >= 15 is 0 Å². The molecular formula is C9H18N2O. The van der Waals surface area contributed by atoms with Crippen LogP contribution in [-0.4, -0.2) is 18.5 Å². The van der Waals surface area contributed by atoms with Gasteiger partial charge in [-0.25, -0.2) is 0 Å². The van der Waals surface area contributed by atoms with Gasteiger partial charge in [0.05, 0.1) is 6.04 Å². The topological polar surface area (TPSA) is 55.1 Å². The van der Waals surface area contributed by atoms with Crippen LogP contribution < -0.4 is 11.1 Å². The van der Waals surface area contributed by atoms with E-state index in [2.05, 4.69) is 5.32 Å². The summed E-state index contributed by atoms with van der Waals surface area (Å²) >= 11 is 0. The molecule has 1 rings (SSSR count). The maximum atomic E-state index is 11.2. The first-order valence-electron chi connectivity index (χ1n) is 4.77. The van der Waals surface area contributed by atoms with Gasteiger partial charge in [-0.05, 0) is 25.2 Å². The van der Waals surface area contributed by atoms with Crippen molar-refractivity contribution >= 4 is 5.91 Å². The first kappa shape index (κ1) is 9.52. The van der Waals surface area contributed by atoms with Crippen molar-refractivity contribution in [2.75, 3.05) is 6.54 Å². The Bertz CT molecular complexity index is 155. The van der Waals surface area contributed by atoms with Crippen LogP contribution in [0.4, 0.5) is 0 Å². The third-order valence-electron chi connectivity index (χ3n) is 2.20. The Kier molecular flexibility index (Phi) is 3.53. The second-order valence-electron chi connectivity index (χ2n) is 3.58. The van der Waals surface area contributed by atoms with Gasteiger partial charge in [0.15, 0.2) is 0 Å². The summed E-state index contributed by atoms with van der Waals surface area (Å²) in [5.74, 6) is 0.756. The Labute approximate surface area is 73.7 Å². The van der Waals surface area contributed by atoms with Crippen molar-refractivity contribution in [2.45, 2.75) is 38.6 Å². The summed E-state index contributed by atoms with van der Waals surface area (Å²) in [6.45, 7) is 2.87. The largest absolute Gasteiger partial charge is 0.354 e. The number of nitrogens with two attached hydrogens (primary N) is 1. The zero-order valence-corrected chi connectivity index (χ0v) is 7.68. The summed E-state index contributed by atoms with van der Waals surface area (Å²) in [4.78, 5) is 11.2. The molecule has 1 aliphatic carbocycles. The highest BCUT2D eigenvalue weighted by atomic mass is 16.2. The van der Waals surface area contributed by atoms with Gasteiger partial charge in [0.2, 0.25) is 5.91 Å². The quantitative estimate of drug-likeness (QED) is 0.636. The van der Waals surface area contributed by atoms with Crippen LogP contribution >= 0.6 is 0 Å². The van der Waals surface area contributed by atoms with Crippen LogP contribution in [-0.2, 0) is 4.79 Å². The fraction of sp³-hybridized carbons (Fsp3) is 0.889. The van der Waals surface area contributed by atoms with E-state index in [1.807, 2.05) is 6.92 Å². The van der Waals surface area contributed by atoms with Crippen molar-refractivity contribution in [1.29, 1.82) is 0 Å². The van der Waals surface area contributed by atoms with Crippen molar-refractivity contribution < 1.29 is 4.79 Å². The third-order valence-corrected chi connectivity index (χ3v) is 2.20. The van der Waals surface area contributed by atoms with Crippen LogP contribution in [0, 0.1) is 5.92 Å². The Hall–Kier alpha value is -0.570. The second-order valence-corrected chi connectivity index (χ2v) is 3.58. The number of amides is 1. The molecule has 3 N–H and O–H groups in total. The standard InChI is InChI=1S/C9H18N2O/c1-2-3-8(10)9(12)11-6-7-4-5-7/h7-8H,2-6,10H2,1H3,(H,11,12). The van der Waals surface area contributed by atoms with E-state index in [1.165, 1.54) is 12.8 Å². The molecule has 0 spiro atoms. The fourth-order valence-electron chi connectivity index (χ4n) is 1.14. The molecule has 1 fully saturated rings. The van der Waals surface area contributed by atoms with Crippen molar-refractivity contribution in [3.63, 3.8) is 0 Å². The molecule has 3 nitrogen and oxygen atoms in total. The minimum atomic E-state index is -0.297. The van der Waals surface area contributed by atoms with Crippen LogP contribution in [0.5, 0.6) is 0 Å². The number of rotatable bonds is 5. The first-order valence-corrected chi connectivity index (χ1v) is 4.77. The molecule has 70 valence electrons. The molecule has 12 heavy (non-hydrogen) atoms. The lowest BCUT2D eigenvalue weighted by Crippen LogP contribution is -2.41. The lowest BCUT2D eigenvalue weighted by atomic mass is 10.1. The minimum Gasteiger partial charge on any atom is -0.354 e. The highest BCUT2D eigenvalue weighted by Crippen LogP contribution is 2.27. The van der Waals surface area contributed by atoms with Crippen LogP contribution in [0.15, 0.2) is 0 Å². The minimum absolute atomic E-state index is 0.0174. The number of nitrogens with one attached hydrogen (secondary N) is 1. The summed E-state index contributed by atoms with van der Waals surface area (Å²) in [5.41, 5.74) is 5.62. The number of carbonyl (C=O) groups is 1. The SMILES string of the molecule is CCCC(N)C(=O)NCC1CC1. The Balaban J connectivity index is 2.07. The van der Waals surface area contributed by atoms with Gasteiger partial charge in [-0.3, -0.25) is 4.79 Å². The average molecular weight is 170 g/mol. The molecule has 0 aliphatic heterocycles. The van der Waals surface area contributed by atoms with Crippen LogP contribution in [0.3, 0.4) is 0 Å². The zero-order chi connectivity index (χ0) is 8.97. The molecule has 1 unspecified atom stereocenters. The summed E-state index contributed by atoms with van der Waals surface area (Å²) < 4.78 is 0. The summed E-state index contributed by atoms with van der Waals surface area (Å²) in [7, 11) is 0. The number of hydrogen-bond acceptors (Lipinski definition) is 2. The van der Waals surface area contributed by atoms with Gasteiger partial charge in [-0.2, -0.15) is 0 Å². The van der Waals surface area contributed by atoms with Crippen molar-refractivity contribution in [3.05, 3.63) is 0 Å². The summed E-state index contributed by atoms with van der Waals surface area (Å²) in [6, 6.07) is -0.297. The Morgan fingerprint density at radius 2 is 2.33 bits per heavy atom. The second kappa shape index (κ2) is 4.45. The molecule has 1 amide bonds. The molecule has 0 aromatic carbocycles. The van der Waals surface area contributed by atoms with E-state index < -0.39 is 0 Å². The van der Waals surface area contributed by atoms with Crippen LogP contribution in [0.25, 0.3) is 0 Å². The van der Waals surface area contributed by atoms with E-state index in [4.69, 9.17) is 5.73 Å². The highest BCUT2D eigenvalue weighted by Gasteiger charge is 2.22. The molecule has 0 bridgehead atoms. The lowest BCUT2D eigenvalue weighted by Gasteiger charge is -2.10. The Morgan fingerprint density at radius 1 is 1.67 bits per heavy atom. The maximum Gasteiger partial charge on any atom is 0.236 e. The number of hydrogen-bond donors (Lipinski definition) is 2. The fourth-order valence-corrected chi connectivity index (χ4v) is 1.14. The monoisotopic (exact) mass is 170 g/mol. The Morgan fingerprint density at radius 3 is 2.83 bits per heavy atom. The highest BCUT2D eigenvalue weighted by molar-refractivity contribution is 5.81. The van der Waals surface area contributed by atoms with Gasteiger partial charge < -0.3 is 11.1 Å². The molecule has 0 aromatic rings. The molecule has 1 atom stereocenters.